The maximum absolute atomic E-state index is 5.98. The summed E-state index contributed by atoms with van der Waals surface area (Å²) in [5.74, 6) is 1.36. The van der Waals surface area contributed by atoms with Gasteiger partial charge >= 0.3 is 0 Å². The van der Waals surface area contributed by atoms with E-state index in [2.05, 4.69) is 21.2 Å². The number of aryl methyl sites for hydroxylation is 2. The number of aromatic nitrogens is 2. The highest BCUT2D eigenvalue weighted by Crippen LogP contribution is 2.24. The lowest BCUT2D eigenvalue weighted by Gasteiger charge is -2.35. The van der Waals surface area contributed by atoms with E-state index in [1.807, 2.05) is 0 Å². The van der Waals surface area contributed by atoms with E-state index in [4.69, 9.17) is 9.47 Å². The summed E-state index contributed by atoms with van der Waals surface area (Å²) in [5, 5.41) is 8.63. The van der Waals surface area contributed by atoms with Gasteiger partial charge in [0.05, 0.1) is 18.4 Å². The maximum atomic E-state index is 5.98. The van der Waals surface area contributed by atoms with Crippen molar-refractivity contribution in [1.29, 1.82) is 0 Å². The van der Waals surface area contributed by atoms with Crippen LogP contribution in [-0.2, 0) is 17.6 Å². The predicted octanol–water partition coefficient (Wildman–Crippen LogP) is 3.02. The number of nitrogens with zero attached hydrogens (tertiary/aromatic N) is 3. The molecule has 2 fully saturated rings. The number of fused-ring (bicyclic) bond motifs is 1. The molecule has 0 radical (unpaired) electrons. The van der Waals surface area contributed by atoms with Gasteiger partial charge in [0.25, 0.3) is 0 Å². The van der Waals surface area contributed by atoms with Crippen molar-refractivity contribution in [3.05, 3.63) is 17.3 Å². The molecule has 25 heavy (non-hydrogen) atoms. The molecule has 0 N–H and O–H groups in total. The lowest BCUT2D eigenvalue weighted by Crippen LogP contribution is -2.41. The van der Waals surface area contributed by atoms with Gasteiger partial charge in [-0.15, -0.1) is 5.10 Å². The summed E-state index contributed by atoms with van der Waals surface area (Å²) < 4.78 is 11.9. The van der Waals surface area contributed by atoms with Gasteiger partial charge < -0.3 is 14.4 Å². The Bertz CT molecular complexity index is 552. The fourth-order valence-electron chi connectivity index (χ4n) is 4.32. The van der Waals surface area contributed by atoms with Gasteiger partial charge in [0.1, 0.15) is 0 Å². The molecule has 1 aromatic heterocycles. The monoisotopic (exact) mass is 345 g/mol. The van der Waals surface area contributed by atoms with E-state index in [-0.39, 0.29) is 0 Å². The average Bonchev–Trinajstić information content (AvgIpc) is 2.68. The quantitative estimate of drug-likeness (QED) is 0.821. The lowest BCUT2D eigenvalue weighted by molar-refractivity contribution is -0.0125. The highest BCUT2D eigenvalue weighted by Gasteiger charge is 2.24. The zero-order chi connectivity index (χ0) is 16.9. The molecule has 5 heteroatoms. The fraction of sp³-hybridized carbons (Fsp3) is 0.800. The standard InChI is InChI=1S/C20H31N3O2/c1-2-7-19-17(5-1)13-20(22-21-19)25-15-16-8-10-23(11-9-16)14-18-6-3-4-12-24-18/h13,16,18H,1-12,14-15H2/t18-/m1/s1. The van der Waals surface area contributed by atoms with Crippen molar-refractivity contribution >= 4 is 0 Å². The molecule has 3 aliphatic rings. The zero-order valence-electron chi connectivity index (χ0n) is 15.3. The Hall–Kier alpha value is -1.20. The van der Waals surface area contributed by atoms with Crippen molar-refractivity contribution in [2.45, 2.75) is 63.9 Å². The van der Waals surface area contributed by atoms with Crippen molar-refractivity contribution in [1.82, 2.24) is 15.1 Å². The number of ether oxygens (including phenoxy) is 2. The molecule has 2 aliphatic heterocycles. The molecule has 5 nitrogen and oxygen atoms in total. The number of hydrogen-bond donors (Lipinski definition) is 0. The summed E-state index contributed by atoms with van der Waals surface area (Å²) in [6.07, 6.45) is 11.4. The second kappa shape index (κ2) is 8.45. The molecular weight excluding hydrogens is 314 g/mol. The number of likely N-dealkylation sites (tertiary alicyclic amines) is 1. The molecule has 0 spiro atoms. The summed E-state index contributed by atoms with van der Waals surface area (Å²) in [6.45, 7) is 5.19. The molecule has 1 aliphatic carbocycles. The Labute approximate surface area is 151 Å². The number of rotatable bonds is 5. The van der Waals surface area contributed by atoms with Gasteiger partial charge in [-0.1, -0.05) is 0 Å². The van der Waals surface area contributed by atoms with Crippen molar-refractivity contribution in [3.63, 3.8) is 0 Å². The largest absolute Gasteiger partial charge is 0.476 e. The van der Waals surface area contributed by atoms with Gasteiger partial charge in [0.15, 0.2) is 0 Å². The third-order valence-corrected chi connectivity index (χ3v) is 5.96. The number of piperidine rings is 1. The smallest absolute Gasteiger partial charge is 0.233 e. The average molecular weight is 345 g/mol. The number of hydrogen-bond acceptors (Lipinski definition) is 5. The Morgan fingerprint density at radius 1 is 1.04 bits per heavy atom. The van der Waals surface area contributed by atoms with Crippen LogP contribution in [0.15, 0.2) is 6.07 Å². The molecule has 0 saturated carbocycles. The molecule has 0 amide bonds. The summed E-state index contributed by atoms with van der Waals surface area (Å²) in [6, 6.07) is 2.12. The molecule has 0 bridgehead atoms. The van der Waals surface area contributed by atoms with Crippen LogP contribution >= 0.6 is 0 Å². The van der Waals surface area contributed by atoms with E-state index >= 15 is 0 Å². The maximum Gasteiger partial charge on any atom is 0.233 e. The van der Waals surface area contributed by atoms with Crippen LogP contribution in [0.25, 0.3) is 0 Å². The van der Waals surface area contributed by atoms with Gasteiger partial charge in [-0.2, -0.15) is 5.10 Å². The van der Waals surface area contributed by atoms with Crippen molar-refractivity contribution in [2.24, 2.45) is 5.92 Å². The van der Waals surface area contributed by atoms with Crippen LogP contribution in [0.2, 0.25) is 0 Å². The van der Waals surface area contributed by atoms with Gasteiger partial charge in [0.2, 0.25) is 5.88 Å². The topological polar surface area (TPSA) is 47.5 Å². The minimum absolute atomic E-state index is 0.465. The van der Waals surface area contributed by atoms with E-state index in [1.165, 1.54) is 69.3 Å². The van der Waals surface area contributed by atoms with Gasteiger partial charge in [-0.25, -0.2) is 0 Å². The Balaban J connectivity index is 1.20. The second-order valence-electron chi connectivity index (χ2n) is 7.91. The van der Waals surface area contributed by atoms with Gasteiger partial charge in [0, 0.05) is 19.2 Å². The summed E-state index contributed by atoms with van der Waals surface area (Å²) in [5.41, 5.74) is 2.52. The first kappa shape index (κ1) is 17.2. The van der Waals surface area contributed by atoms with E-state index in [9.17, 15) is 0 Å². The minimum Gasteiger partial charge on any atom is -0.476 e. The van der Waals surface area contributed by atoms with Crippen LogP contribution in [0.3, 0.4) is 0 Å². The van der Waals surface area contributed by atoms with Crippen LogP contribution in [0.1, 0.15) is 56.2 Å². The van der Waals surface area contributed by atoms with Crippen LogP contribution < -0.4 is 4.74 Å². The van der Waals surface area contributed by atoms with Crippen LogP contribution in [0, 0.1) is 5.92 Å². The van der Waals surface area contributed by atoms with Crippen LogP contribution in [0.5, 0.6) is 5.88 Å². The predicted molar refractivity (Wildman–Crippen MR) is 96.9 cm³/mol. The van der Waals surface area contributed by atoms with Crippen LogP contribution in [0.4, 0.5) is 0 Å². The van der Waals surface area contributed by atoms with E-state index in [0.717, 1.165) is 38.5 Å². The molecule has 3 heterocycles. The van der Waals surface area contributed by atoms with Crippen LogP contribution in [-0.4, -0.2) is 54.0 Å². The fourth-order valence-corrected chi connectivity index (χ4v) is 4.32. The molecule has 138 valence electrons. The molecular formula is C20H31N3O2. The molecule has 0 unspecified atom stereocenters. The van der Waals surface area contributed by atoms with E-state index in [1.54, 1.807) is 0 Å². The second-order valence-corrected chi connectivity index (χ2v) is 7.91. The minimum atomic E-state index is 0.465. The van der Waals surface area contributed by atoms with Gasteiger partial charge in [-0.05, 0) is 82.4 Å². The first-order valence-electron chi connectivity index (χ1n) is 10.2. The zero-order valence-corrected chi connectivity index (χ0v) is 15.3. The first-order chi connectivity index (χ1) is 12.4. The molecule has 4 rings (SSSR count). The van der Waals surface area contributed by atoms with Crippen molar-refractivity contribution < 1.29 is 9.47 Å². The third-order valence-electron chi connectivity index (χ3n) is 5.96. The Kier molecular flexibility index (Phi) is 5.83. The van der Waals surface area contributed by atoms with Crippen molar-refractivity contribution in [2.75, 3.05) is 32.8 Å². The van der Waals surface area contributed by atoms with E-state index < -0.39 is 0 Å². The molecule has 0 aromatic carbocycles. The molecule has 1 aromatic rings. The molecule has 2 saturated heterocycles. The Morgan fingerprint density at radius 3 is 2.76 bits per heavy atom. The van der Waals surface area contributed by atoms with Crippen molar-refractivity contribution in [3.8, 4) is 5.88 Å². The lowest BCUT2D eigenvalue weighted by atomic mass is 9.96. The first-order valence-corrected chi connectivity index (χ1v) is 10.2. The third kappa shape index (κ3) is 4.70. The van der Waals surface area contributed by atoms with Gasteiger partial charge in [-0.3, -0.25) is 0 Å². The molecule has 1 atom stereocenters. The Morgan fingerprint density at radius 2 is 1.92 bits per heavy atom. The summed E-state index contributed by atoms with van der Waals surface area (Å²) in [7, 11) is 0. The summed E-state index contributed by atoms with van der Waals surface area (Å²) >= 11 is 0. The highest BCUT2D eigenvalue weighted by molar-refractivity contribution is 5.26. The van der Waals surface area contributed by atoms with E-state index in [0.29, 0.717) is 12.0 Å². The highest BCUT2D eigenvalue weighted by atomic mass is 16.5. The summed E-state index contributed by atoms with van der Waals surface area (Å²) in [4.78, 5) is 2.57. The normalized spacial score (nSPS) is 25.5. The SMILES string of the molecule is c1c(OCC2CCN(C[C@H]3CCCCO3)CC2)nnc2c1CCCC2.